The van der Waals surface area contributed by atoms with Crippen molar-refractivity contribution in [3.63, 3.8) is 0 Å². The van der Waals surface area contributed by atoms with Crippen LogP contribution < -0.4 is 0 Å². The standard InChI is InChI=1S/C24H31N3O4S/c1-5-26(6-2)32(29,30)20-12-13-22-21(16-20)25-23(27(22)7-3)14-15-24(28)31-17-19-10-8-18(4)9-11-19/h8-13,16H,5-7,14-15,17H2,1-4H3. The number of imidazole rings is 1. The molecule has 0 spiro atoms. The van der Waals surface area contributed by atoms with Gasteiger partial charge in [0.2, 0.25) is 10.0 Å². The average Bonchev–Trinajstić information content (AvgIpc) is 3.14. The van der Waals surface area contributed by atoms with Gasteiger partial charge in [-0.2, -0.15) is 4.31 Å². The number of nitrogens with zero attached hydrogens (tertiary/aromatic N) is 3. The van der Waals surface area contributed by atoms with E-state index in [9.17, 15) is 13.2 Å². The van der Waals surface area contributed by atoms with Crippen molar-refractivity contribution >= 4 is 27.0 Å². The Morgan fingerprint density at radius 2 is 1.75 bits per heavy atom. The zero-order valence-corrected chi connectivity index (χ0v) is 20.0. The molecule has 0 saturated carbocycles. The molecular weight excluding hydrogens is 426 g/mol. The highest BCUT2D eigenvalue weighted by atomic mass is 32.2. The number of aromatic nitrogens is 2. The van der Waals surface area contributed by atoms with Crippen LogP contribution in [0.15, 0.2) is 47.4 Å². The topological polar surface area (TPSA) is 81.5 Å². The normalized spacial score (nSPS) is 11.9. The van der Waals surface area contributed by atoms with Crippen LogP contribution in [0.3, 0.4) is 0 Å². The van der Waals surface area contributed by atoms with Crippen LogP contribution in [0.4, 0.5) is 0 Å². The molecule has 0 unspecified atom stereocenters. The molecule has 8 heteroatoms. The number of aryl methyl sites for hydroxylation is 3. The zero-order chi connectivity index (χ0) is 23.3. The first-order valence-corrected chi connectivity index (χ1v) is 12.4. The smallest absolute Gasteiger partial charge is 0.306 e. The molecule has 32 heavy (non-hydrogen) atoms. The van der Waals surface area contributed by atoms with Crippen LogP contribution in [0.1, 0.15) is 44.1 Å². The minimum Gasteiger partial charge on any atom is -0.461 e. The largest absolute Gasteiger partial charge is 0.461 e. The van der Waals surface area contributed by atoms with Gasteiger partial charge < -0.3 is 9.30 Å². The zero-order valence-electron chi connectivity index (χ0n) is 19.2. The third-order valence-electron chi connectivity index (χ3n) is 5.53. The first-order valence-electron chi connectivity index (χ1n) is 11.0. The number of ether oxygens (including phenoxy) is 1. The van der Waals surface area contributed by atoms with E-state index < -0.39 is 10.0 Å². The van der Waals surface area contributed by atoms with Crippen molar-refractivity contribution in [2.45, 2.75) is 58.6 Å². The fourth-order valence-electron chi connectivity index (χ4n) is 3.71. The maximum atomic E-state index is 12.9. The first kappa shape index (κ1) is 23.9. The van der Waals surface area contributed by atoms with Crippen molar-refractivity contribution < 1.29 is 17.9 Å². The summed E-state index contributed by atoms with van der Waals surface area (Å²) in [5, 5.41) is 0. The Hall–Kier alpha value is -2.71. The summed E-state index contributed by atoms with van der Waals surface area (Å²) in [7, 11) is -3.56. The van der Waals surface area contributed by atoms with Crippen molar-refractivity contribution in [2.75, 3.05) is 13.1 Å². The van der Waals surface area contributed by atoms with E-state index in [1.165, 1.54) is 4.31 Å². The molecule has 0 atom stereocenters. The molecule has 1 aromatic heterocycles. The summed E-state index contributed by atoms with van der Waals surface area (Å²) in [5.74, 6) is 0.456. The minimum absolute atomic E-state index is 0.208. The van der Waals surface area contributed by atoms with Crippen molar-refractivity contribution in [3.8, 4) is 0 Å². The number of carbonyl (C=O) groups excluding carboxylic acids is 1. The van der Waals surface area contributed by atoms with E-state index in [2.05, 4.69) is 4.98 Å². The van der Waals surface area contributed by atoms with Crippen LogP contribution in [-0.2, 0) is 39.1 Å². The monoisotopic (exact) mass is 457 g/mol. The van der Waals surface area contributed by atoms with Gasteiger partial charge in [0.25, 0.3) is 0 Å². The molecule has 7 nitrogen and oxygen atoms in total. The predicted molar refractivity (Wildman–Crippen MR) is 125 cm³/mol. The predicted octanol–water partition coefficient (Wildman–Crippen LogP) is 4.07. The SMILES string of the molecule is CCN(CC)S(=O)(=O)c1ccc2c(c1)nc(CCC(=O)OCc1ccc(C)cc1)n2CC. The quantitative estimate of drug-likeness (QED) is 0.429. The Bertz CT molecular complexity index is 1180. The lowest BCUT2D eigenvalue weighted by Gasteiger charge is -2.18. The van der Waals surface area contributed by atoms with E-state index in [0.717, 1.165) is 22.5 Å². The van der Waals surface area contributed by atoms with Crippen molar-refractivity contribution in [2.24, 2.45) is 0 Å². The van der Waals surface area contributed by atoms with Gasteiger partial charge in [-0.1, -0.05) is 43.7 Å². The highest BCUT2D eigenvalue weighted by molar-refractivity contribution is 7.89. The fourth-order valence-corrected chi connectivity index (χ4v) is 5.19. The van der Waals surface area contributed by atoms with Crippen LogP contribution in [0.25, 0.3) is 11.0 Å². The third-order valence-corrected chi connectivity index (χ3v) is 7.58. The maximum Gasteiger partial charge on any atom is 0.306 e. The molecule has 172 valence electrons. The van der Waals surface area contributed by atoms with Gasteiger partial charge in [-0.3, -0.25) is 4.79 Å². The number of carbonyl (C=O) groups is 1. The first-order chi connectivity index (χ1) is 15.3. The number of benzene rings is 2. The average molecular weight is 458 g/mol. The summed E-state index contributed by atoms with van der Waals surface area (Å²) in [4.78, 5) is 17.1. The van der Waals surface area contributed by atoms with E-state index in [1.807, 2.05) is 56.5 Å². The molecule has 1 heterocycles. The minimum atomic E-state index is -3.56. The Morgan fingerprint density at radius 3 is 2.38 bits per heavy atom. The van der Waals surface area contributed by atoms with Crippen LogP contribution in [-0.4, -0.2) is 41.3 Å². The van der Waals surface area contributed by atoms with Gasteiger partial charge in [0, 0.05) is 26.1 Å². The molecule has 0 fully saturated rings. The van der Waals surface area contributed by atoms with Gasteiger partial charge in [0.1, 0.15) is 12.4 Å². The van der Waals surface area contributed by atoms with Gasteiger partial charge in [0.15, 0.2) is 0 Å². The number of rotatable bonds is 10. The van der Waals surface area contributed by atoms with E-state index >= 15 is 0 Å². The summed E-state index contributed by atoms with van der Waals surface area (Å²) in [6.45, 7) is 9.40. The summed E-state index contributed by atoms with van der Waals surface area (Å²) in [5.41, 5.74) is 3.58. The molecule has 0 aliphatic carbocycles. The van der Waals surface area contributed by atoms with Crippen molar-refractivity contribution in [3.05, 3.63) is 59.4 Å². The van der Waals surface area contributed by atoms with Crippen LogP contribution in [0.5, 0.6) is 0 Å². The Kier molecular flexibility index (Phi) is 7.69. The lowest BCUT2D eigenvalue weighted by Crippen LogP contribution is -2.30. The Morgan fingerprint density at radius 1 is 1.06 bits per heavy atom. The fraction of sp³-hybridized carbons (Fsp3) is 0.417. The molecule has 0 saturated heterocycles. The van der Waals surface area contributed by atoms with E-state index in [-0.39, 0.29) is 23.9 Å². The number of fused-ring (bicyclic) bond motifs is 1. The number of hydrogen-bond donors (Lipinski definition) is 0. The van der Waals surface area contributed by atoms with Crippen LogP contribution in [0.2, 0.25) is 0 Å². The maximum absolute atomic E-state index is 12.9. The molecule has 0 radical (unpaired) electrons. The highest BCUT2D eigenvalue weighted by Gasteiger charge is 2.23. The second-order valence-electron chi connectivity index (χ2n) is 7.66. The number of hydrogen-bond acceptors (Lipinski definition) is 5. The van der Waals surface area contributed by atoms with Gasteiger partial charge in [-0.25, -0.2) is 13.4 Å². The molecule has 3 aromatic rings. The molecule has 0 amide bonds. The third kappa shape index (κ3) is 5.19. The molecular formula is C24H31N3O4S. The molecule has 0 aliphatic rings. The van der Waals surface area contributed by atoms with Crippen molar-refractivity contribution in [1.29, 1.82) is 0 Å². The molecule has 3 rings (SSSR count). The summed E-state index contributed by atoms with van der Waals surface area (Å²) in [6.07, 6.45) is 0.632. The highest BCUT2D eigenvalue weighted by Crippen LogP contribution is 2.23. The summed E-state index contributed by atoms with van der Waals surface area (Å²) < 4.78 is 34.5. The molecule has 0 aliphatic heterocycles. The second-order valence-corrected chi connectivity index (χ2v) is 9.60. The lowest BCUT2D eigenvalue weighted by atomic mass is 10.2. The van der Waals surface area contributed by atoms with E-state index in [4.69, 9.17) is 4.74 Å². The summed E-state index contributed by atoms with van der Waals surface area (Å²) >= 11 is 0. The van der Waals surface area contributed by atoms with Crippen LogP contribution >= 0.6 is 0 Å². The number of esters is 1. The lowest BCUT2D eigenvalue weighted by molar-refractivity contribution is -0.144. The Labute approximate surface area is 190 Å². The van der Waals surface area contributed by atoms with E-state index in [0.29, 0.717) is 31.6 Å². The molecule has 2 aromatic carbocycles. The molecule has 0 bridgehead atoms. The molecule has 0 N–H and O–H groups in total. The second kappa shape index (κ2) is 10.3. The van der Waals surface area contributed by atoms with Gasteiger partial charge in [0.05, 0.1) is 22.3 Å². The van der Waals surface area contributed by atoms with Gasteiger partial charge >= 0.3 is 5.97 Å². The van der Waals surface area contributed by atoms with Gasteiger partial charge in [-0.05, 0) is 37.6 Å². The summed E-state index contributed by atoms with van der Waals surface area (Å²) in [6, 6.07) is 12.9. The Balaban J connectivity index is 1.73. The van der Waals surface area contributed by atoms with Crippen molar-refractivity contribution in [1.82, 2.24) is 13.9 Å². The van der Waals surface area contributed by atoms with Gasteiger partial charge in [-0.15, -0.1) is 0 Å². The van der Waals surface area contributed by atoms with E-state index in [1.54, 1.807) is 18.2 Å². The van der Waals surface area contributed by atoms with Crippen LogP contribution in [0, 0.1) is 6.92 Å². The number of sulfonamides is 1.